The molecule has 0 fully saturated rings. The van der Waals surface area contributed by atoms with Crippen LogP contribution in [0, 0.1) is 13.8 Å². The lowest BCUT2D eigenvalue weighted by Crippen LogP contribution is -2.33. The molecule has 0 spiro atoms. The highest BCUT2D eigenvalue weighted by Crippen LogP contribution is 2.09. The Balaban J connectivity index is 2.44. The van der Waals surface area contributed by atoms with Crippen LogP contribution in [-0.4, -0.2) is 38.0 Å². The smallest absolute Gasteiger partial charge is 0.325 e. The molecule has 108 valence electrons. The van der Waals surface area contributed by atoms with Gasteiger partial charge in [0, 0.05) is 12.6 Å². The standard InChI is InChI=1S/C14H18N2O4/c1-9-4-5-11(6-10(9)2)14(19)16-7-13(18)20-8-12(17)15-3/h4-6H,7-8H2,1-3H3,(H,15,17)(H,16,19). The van der Waals surface area contributed by atoms with Crippen molar-refractivity contribution in [3.8, 4) is 0 Å². The van der Waals surface area contributed by atoms with E-state index in [-0.39, 0.29) is 19.1 Å². The fourth-order valence-electron chi connectivity index (χ4n) is 1.41. The minimum absolute atomic E-state index is 0.275. The Bertz CT molecular complexity index is 526. The number of aryl methyl sites for hydroxylation is 2. The normalized spacial score (nSPS) is 9.75. The van der Waals surface area contributed by atoms with Crippen LogP contribution >= 0.6 is 0 Å². The minimum Gasteiger partial charge on any atom is -0.454 e. The predicted molar refractivity (Wildman–Crippen MR) is 73.3 cm³/mol. The van der Waals surface area contributed by atoms with Crippen molar-refractivity contribution < 1.29 is 19.1 Å². The molecule has 0 radical (unpaired) electrons. The zero-order valence-corrected chi connectivity index (χ0v) is 11.8. The Labute approximate surface area is 117 Å². The van der Waals surface area contributed by atoms with Crippen molar-refractivity contribution in [1.82, 2.24) is 10.6 Å². The van der Waals surface area contributed by atoms with Crippen LogP contribution in [0.5, 0.6) is 0 Å². The van der Waals surface area contributed by atoms with Crippen molar-refractivity contribution in [3.05, 3.63) is 34.9 Å². The van der Waals surface area contributed by atoms with Gasteiger partial charge in [-0.15, -0.1) is 0 Å². The van der Waals surface area contributed by atoms with Crippen molar-refractivity contribution in [2.24, 2.45) is 0 Å². The summed E-state index contributed by atoms with van der Waals surface area (Å²) in [5.41, 5.74) is 2.57. The summed E-state index contributed by atoms with van der Waals surface area (Å²) < 4.78 is 4.66. The van der Waals surface area contributed by atoms with Gasteiger partial charge in [0.05, 0.1) is 0 Å². The van der Waals surface area contributed by atoms with Crippen molar-refractivity contribution in [3.63, 3.8) is 0 Å². The van der Waals surface area contributed by atoms with Gasteiger partial charge in [-0.1, -0.05) is 6.07 Å². The van der Waals surface area contributed by atoms with E-state index < -0.39 is 11.9 Å². The summed E-state index contributed by atoms with van der Waals surface area (Å²) in [5.74, 6) is -1.42. The molecule has 0 saturated heterocycles. The van der Waals surface area contributed by atoms with Gasteiger partial charge >= 0.3 is 5.97 Å². The first-order valence-electron chi connectivity index (χ1n) is 6.15. The number of carbonyl (C=O) groups is 3. The number of likely N-dealkylation sites (N-methyl/N-ethyl adjacent to an activating group) is 1. The van der Waals surface area contributed by atoms with E-state index in [9.17, 15) is 14.4 Å². The van der Waals surface area contributed by atoms with Gasteiger partial charge in [-0.2, -0.15) is 0 Å². The van der Waals surface area contributed by atoms with Gasteiger partial charge in [0.1, 0.15) is 6.54 Å². The quantitative estimate of drug-likeness (QED) is 0.760. The van der Waals surface area contributed by atoms with Crippen LogP contribution in [0.1, 0.15) is 21.5 Å². The number of ether oxygens (including phenoxy) is 1. The SMILES string of the molecule is CNC(=O)COC(=O)CNC(=O)c1ccc(C)c(C)c1. The fourth-order valence-corrected chi connectivity index (χ4v) is 1.41. The molecule has 20 heavy (non-hydrogen) atoms. The van der Waals surface area contributed by atoms with E-state index in [1.165, 1.54) is 7.05 Å². The number of rotatable bonds is 5. The molecule has 0 aliphatic carbocycles. The summed E-state index contributed by atoms with van der Waals surface area (Å²) >= 11 is 0. The molecule has 0 saturated carbocycles. The summed E-state index contributed by atoms with van der Waals surface area (Å²) in [5, 5.41) is 4.76. The molecule has 2 amide bonds. The van der Waals surface area contributed by atoms with E-state index >= 15 is 0 Å². The molecule has 0 heterocycles. The lowest BCUT2D eigenvalue weighted by atomic mass is 10.1. The molecule has 6 heteroatoms. The molecule has 1 aromatic carbocycles. The number of hydrogen-bond acceptors (Lipinski definition) is 4. The van der Waals surface area contributed by atoms with Gasteiger partial charge in [-0.05, 0) is 37.1 Å². The van der Waals surface area contributed by atoms with Crippen LogP contribution in [0.2, 0.25) is 0 Å². The average molecular weight is 278 g/mol. The van der Waals surface area contributed by atoms with Crippen molar-refractivity contribution in [2.75, 3.05) is 20.2 Å². The maximum absolute atomic E-state index is 11.8. The van der Waals surface area contributed by atoms with Crippen LogP contribution in [0.25, 0.3) is 0 Å². The van der Waals surface area contributed by atoms with Gasteiger partial charge in [-0.25, -0.2) is 0 Å². The third kappa shape index (κ3) is 4.72. The molecule has 0 aromatic heterocycles. The highest BCUT2D eigenvalue weighted by Gasteiger charge is 2.10. The van der Waals surface area contributed by atoms with E-state index in [0.29, 0.717) is 5.56 Å². The van der Waals surface area contributed by atoms with Crippen LogP contribution in [0.15, 0.2) is 18.2 Å². The van der Waals surface area contributed by atoms with Gasteiger partial charge in [0.2, 0.25) is 0 Å². The number of amides is 2. The maximum atomic E-state index is 11.8. The molecule has 1 rings (SSSR count). The lowest BCUT2D eigenvalue weighted by molar-refractivity contribution is -0.147. The van der Waals surface area contributed by atoms with Crippen LogP contribution in [-0.2, 0) is 14.3 Å². The fraction of sp³-hybridized carbons (Fsp3) is 0.357. The molecule has 0 atom stereocenters. The van der Waals surface area contributed by atoms with Crippen molar-refractivity contribution >= 4 is 17.8 Å². The van der Waals surface area contributed by atoms with E-state index in [1.807, 2.05) is 19.9 Å². The van der Waals surface area contributed by atoms with E-state index in [1.54, 1.807) is 12.1 Å². The number of benzene rings is 1. The average Bonchev–Trinajstić information content (AvgIpc) is 2.44. The molecular weight excluding hydrogens is 260 g/mol. The predicted octanol–water partition coefficient (Wildman–Crippen LogP) is 0.322. The summed E-state index contributed by atoms with van der Waals surface area (Å²) in [7, 11) is 1.44. The summed E-state index contributed by atoms with van der Waals surface area (Å²) in [6.07, 6.45) is 0. The van der Waals surface area contributed by atoms with E-state index in [4.69, 9.17) is 0 Å². The largest absolute Gasteiger partial charge is 0.454 e. The highest BCUT2D eigenvalue weighted by molar-refractivity contribution is 5.96. The zero-order valence-electron chi connectivity index (χ0n) is 11.8. The first kappa shape index (κ1) is 15.7. The molecule has 6 nitrogen and oxygen atoms in total. The van der Waals surface area contributed by atoms with E-state index in [2.05, 4.69) is 15.4 Å². The van der Waals surface area contributed by atoms with Gasteiger partial charge in [0.15, 0.2) is 6.61 Å². The number of carbonyl (C=O) groups excluding carboxylic acids is 3. The molecule has 0 aliphatic rings. The summed E-state index contributed by atoms with van der Waals surface area (Å²) in [6.45, 7) is 3.23. The maximum Gasteiger partial charge on any atom is 0.325 e. The molecule has 1 aromatic rings. The Morgan fingerprint density at radius 3 is 2.45 bits per heavy atom. The molecule has 2 N–H and O–H groups in total. The Morgan fingerprint density at radius 2 is 1.85 bits per heavy atom. The van der Waals surface area contributed by atoms with Gasteiger partial charge in [-0.3, -0.25) is 14.4 Å². The molecular formula is C14H18N2O4. The Morgan fingerprint density at radius 1 is 1.15 bits per heavy atom. The zero-order chi connectivity index (χ0) is 15.1. The third-order valence-electron chi connectivity index (χ3n) is 2.81. The van der Waals surface area contributed by atoms with Gasteiger partial charge in [0.25, 0.3) is 11.8 Å². The lowest BCUT2D eigenvalue weighted by Gasteiger charge is -2.07. The first-order valence-corrected chi connectivity index (χ1v) is 6.15. The van der Waals surface area contributed by atoms with E-state index in [0.717, 1.165) is 11.1 Å². The Hall–Kier alpha value is -2.37. The molecule has 0 unspecified atom stereocenters. The van der Waals surface area contributed by atoms with Crippen LogP contribution in [0.4, 0.5) is 0 Å². The van der Waals surface area contributed by atoms with Crippen molar-refractivity contribution in [1.29, 1.82) is 0 Å². The van der Waals surface area contributed by atoms with Crippen LogP contribution < -0.4 is 10.6 Å². The van der Waals surface area contributed by atoms with Crippen LogP contribution in [0.3, 0.4) is 0 Å². The second kappa shape index (κ2) is 7.28. The number of nitrogens with one attached hydrogen (secondary N) is 2. The first-order chi connectivity index (χ1) is 9.43. The molecule has 0 bridgehead atoms. The van der Waals surface area contributed by atoms with Crippen molar-refractivity contribution in [2.45, 2.75) is 13.8 Å². The third-order valence-corrected chi connectivity index (χ3v) is 2.81. The highest BCUT2D eigenvalue weighted by atomic mass is 16.5. The number of esters is 1. The second-order valence-electron chi connectivity index (χ2n) is 4.32. The number of hydrogen-bond donors (Lipinski definition) is 2. The topological polar surface area (TPSA) is 84.5 Å². The van der Waals surface area contributed by atoms with Gasteiger partial charge < -0.3 is 15.4 Å². The summed E-state index contributed by atoms with van der Waals surface area (Å²) in [6, 6.07) is 5.28. The Kier molecular flexibility index (Phi) is 5.71. The minimum atomic E-state index is -0.661. The second-order valence-corrected chi connectivity index (χ2v) is 4.32. The summed E-state index contributed by atoms with van der Waals surface area (Å²) in [4.78, 5) is 34.0. The molecule has 0 aliphatic heterocycles. The monoisotopic (exact) mass is 278 g/mol.